The summed E-state index contributed by atoms with van der Waals surface area (Å²) in [5.41, 5.74) is 9.05. The number of benzene rings is 1. The molecule has 19 heavy (non-hydrogen) atoms. The van der Waals surface area contributed by atoms with Crippen LogP contribution in [-0.4, -0.2) is 24.8 Å². The monoisotopic (exact) mass is 262 g/mol. The summed E-state index contributed by atoms with van der Waals surface area (Å²) in [4.78, 5) is 2.48. The number of anilines is 1. The Morgan fingerprint density at radius 2 is 2.21 bits per heavy atom. The second kappa shape index (κ2) is 5.39. The van der Waals surface area contributed by atoms with Crippen LogP contribution < -0.4 is 10.5 Å². The van der Waals surface area contributed by atoms with Crippen molar-refractivity contribution in [2.75, 3.05) is 25.6 Å². The Labute approximate surface area is 114 Å². The molecule has 1 fully saturated rings. The van der Waals surface area contributed by atoms with Gasteiger partial charge in [-0.05, 0) is 37.4 Å². The molecular formula is C15H22N2O2. The Kier molecular flexibility index (Phi) is 3.62. The highest BCUT2D eigenvalue weighted by molar-refractivity contribution is 5.53. The molecule has 2 aliphatic rings. The van der Waals surface area contributed by atoms with Crippen molar-refractivity contribution in [1.29, 1.82) is 0 Å². The normalized spacial score (nSPS) is 18.2. The third-order valence-electron chi connectivity index (χ3n) is 3.86. The molecule has 0 spiro atoms. The van der Waals surface area contributed by atoms with E-state index in [2.05, 4.69) is 11.8 Å². The highest BCUT2D eigenvalue weighted by Gasteiger charge is 2.25. The second-order valence-electron chi connectivity index (χ2n) is 5.55. The highest BCUT2D eigenvalue weighted by atomic mass is 16.7. The number of ether oxygens (including phenoxy) is 2. The lowest BCUT2D eigenvalue weighted by Gasteiger charge is -2.25. The van der Waals surface area contributed by atoms with E-state index < -0.39 is 0 Å². The number of nitrogens with zero attached hydrogens (tertiary/aromatic N) is 1. The Morgan fingerprint density at radius 1 is 1.37 bits per heavy atom. The number of nitrogens with two attached hydrogens (primary N) is 1. The van der Waals surface area contributed by atoms with Gasteiger partial charge in [-0.2, -0.15) is 0 Å². The SMILES string of the molecule is CCN(Cc1cc(N)cc2c1OCOC2)CC1CC1. The molecule has 0 atom stereocenters. The number of hydrogen-bond acceptors (Lipinski definition) is 4. The zero-order valence-corrected chi connectivity index (χ0v) is 11.5. The largest absolute Gasteiger partial charge is 0.467 e. The van der Waals surface area contributed by atoms with Gasteiger partial charge in [0.25, 0.3) is 0 Å². The quantitative estimate of drug-likeness (QED) is 0.828. The summed E-state index contributed by atoms with van der Waals surface area (Å²) in [5, 5.41) is 0. The summed E-state index contributed by atoms with van der Waals surface area (Å²) in [7, 11) is 0. The van der Waals surface area contributed by atoms with Gasteiger partial charge in [-0.25, -0.2) is 0 Å². The summed E-state index contributed by atoms with van der Waals surface area (Å²) in [6, 6.07) is 3.99. The number of rotatable bonds is 5. The first-order valence-electron chi connectivity index (χ1n) is 7.10. The van der Waals surface area contributed by atoms with Crippen molar-refractivity contribution < 1.29 is 9.47 Å². The summed E-state index contributed by atoms with van der Waals surface area (Å²) in [5.74, 6) is 1.88. The molecule has 0 aromatic heterocycles. The van der Waals surface area contributed by atoms with Gasteiger partial charge in [0.15, 0.2) is 6.79 Å². The van der Waals surface area contributed by atoms with Crippen molar-refractivity contribution in [2.24, 2.45) is 5.92 Å². The van der Waals surface area contributed by atoms with Crippen LogP contribution in [0.4, 0.5) is 5.69 Å². The van der Waals surface area contributed by atoms with Crippen LogP contribution in [-0.2, 0) is 17.9 Å². The second-order valence-corrected chi connectivity index (χ2v) is 5.55. The zero-order chi connectivity index (χ0) is 13.2. The molecule has 0 saturated heterocycles. The molecule has 1 heterocycles. The molecule has 0 radical (unpaired) electrons. The minimum atomic E-state index is 0.346. The van der Waals surface area contributed by atoms with Gasteiger partial charge in [0, 0.05) is 29.9 Å². The van der Waals surface area contributed by atoms with Crippen LogP contribution >= 0.6 is 0 Å². The van der Waals surface area contributed by atoms with E-state index >= 15 is 0 Å². The van der Waals surface area contributed by atoms with Crippen molar-refractivity contribution in [1.82, 2.24) is 4.90 Å². The Bertz CT molecular complexity index is 458. The van der Waals surface area contributed by atoms with Crippen LogP contribution in [0.3, 0.4) is 0 Å². The molecule has 4 heteroatoms. The maximum atomic E-state index is 5.98. The predicted octanol–water partition coefficient (Wildman–Crippen LogP) is 2.37. The first-order chi connectivity index (χ1) is 9.26. The number of fused-ring (bicyclic) bond motifs is 1. The topological polar surface area (TPSA) is 47.7 Å². The van der Waals surface area contributed by atoms with Gasteiger partial charge < -0.3 is 15.2 Å². The van der Waals surface area contributed by atoms with Crippen molar-refractivity contribution in [3.05, 3.63) is 23.3 Å². The highest BCUT2D eigenvalue weighted by Crippen LogP contribution is 2.33. The van der Waals surface area contributed by atoms with Gasteiger partial charge in [0.1, 0.15) is 5.75 Å². The van der Waals surface area contributed by atoms with Gasteiger partial charge in [-0.1, -0.05) is 6.92 Å². The molecule has 3 rings (SSSR count). The van der Waals surface area contributed by atoms with Gasteiger partial charge >= 0.3 is 0 Å². The molecule has 1 aromatic rings. The standard InChI is InChI=1S/C15H22N2O2/c1-2-17(7-11-3-4-11)8-12-5-14(16)6-13-9-18-10-19-15(12)13/h5-6,11H,2-4,7-10,16H2,1H3. The van der Waals surface area contributed by atoms with Gasteiger partial charge in [0.05, 0.1) is 6.61 Å². The first-order valence-corrected chi connectivity index (χ1v) is 7.10. The fourth-order valence-corrected chi connectivity index (χ4v) is 2.66. The molecule has 1 aliphatic carbocycles. The predicted molar refractivity (Wildman–Crippen MR) is 74.8 cm³/mol. The van der Waals surface area contributed by atoms with E-state index in [-0.39, 0.29) is 0 Å². The summed E-state index contributed by atoms with van der Waals surface area (Å²) in [6.45, 7) is 6.33. The molecule has 2 N–H and O–H groups in total. The maximum Gasteiger partial charge on any atom is 0.189 e. The zero-order valence-electron chi connectivity index (χ0n) is 11.5. The number of hydrogen-bond donors (Lipinski definition) is 1. The fraction of sp³-hybridized carbons (Fsp3) is 0.600. The summed E-state index contributed by atoms with van der Waals surface area (Å²) < 4.78 is 11.0. The van der Waals surface area contributed by atoms with Crippen LogP contribution in [0.1, 0.15) is 30.9 Å². The molecule has 0 amide bonds. The third kappa shape index (κ3) is 3.01. The van der Waals surface area contributed by atoms with E-state index in [0.29, 0.717) is 13.4 Å². The number of nitrogen functional groups attached to an aromatic ring is 1. The van der Waals surface area contributed by atoms with E-state index in [9.17, 15) is 0 Å². The smallest absolute Gasteiger partial charge is 0.189 e. The van der Waals surface area contributed by atoms with Gasteiger partial charge in [0.2, 0.25) is 0 Å². The average molecular weight is 262 g/mol. The van der Waals surface area contributed by atoms with Crippen LogP contribution in [0, 0.1) is 5.92 Å². The van der Waals surface area contributed by atoms with E-state index in [1.807, 2.05) is 12.1 Å². The lowest BCUT2D eigenvalue weighted by molar-refractivity contribution is -0.0174. The Balaban J connectivity index is 1.79. The maximum absolute atomic E-state index is 5.98. The van der Waals surface area contributed by atoms with E-state index in [0.717, 1.165) is 36.0 Å². The Hall–Kier alpha value is -1.26. The molecule has 4 nitrogen and oxygen atoms in total. The van der Waals surface area contributed by atoms with Crippen molar-refractivity contribution >= 4 is 5.69 Å². The lowest BCUT2D eigenvalue weighted by atomic mass is 10.1. The molecule has 104 valence electrons. The molecule has 1 saturated carbocycles. The van der Waals surface area contributed by atoms with Gasteiger partial charge in [-0.15, -0.1) is 0 Å². The van der Waals surface area contributed by atoms with E-state index in [1.54, 1.807) is 0 Å². The minimum Gasteiger partial charge on any atom is -0.467 e. The minimum absolute atomic E-state index is 0.346. The van der Waals surface area contributed by atoms with E-state index in [4.69, 9.17) is 15.2 Å². The van der Waals surface area contributed by atoms with Crippen molar-refractivity contribution in [3.8, 4) is 5.75 Å². The summed E-state index contributed by atoms with van der Waals surface area (Å²) >= 11 is 0. The summed E-state index contributed by atoms with van der Waals surface area (Å²) in [6.07, 6.45) is 2.77. The van der Waals surface area contributed by atoms with Crippen LogP contribution in [0.5, 0.6) is 5.75 Å². The third-order valence-corrected chi connectivity index (χ3v) is 3.86. The Morgan fingerprint density at radius 3 is 2.95 bits per heavy atom. The fourth-order valence-electron chi connectivity index (χ4n) is 2.66. The van der Waals surface area contributed by atoms with Crippen LogP contribution in [0.2, 0.25) is 0 Å². The molecular weight excluding hydrogens is 240 g/mol. The van der Waals surface area contributed by atoms with Crippen molar-refractivity contribution in [3.63, 3.8) is 0 Å². The van der Waals surface area contributed by atoms with Crippen LogP contribution in [0.15, 0.2) is 12.1 Å². The van der Waals surface area contributed by atoms with Crippen LogP contribution in [0.25, 0.3) is 0 Å². The molecule has 1 aromatic carbocycles. The van der Waals surface area contributed by atoms with Crippen molar-refractivity contribution in [2.45, 2.75) is 32.9 Å². The average Bonchev–Trinajstić information content (AvgIpc) is 3.21. The molecule has 0 unspecified atom stereocenters. The first kappa shape index (κ1) is 12.8. The lowest BCUT2D eigenvalue weighted by Crippen LogP contribution is -2.26. The van der Waals surface area contributed by atoms with E-state index in [1.165, 1.54) is 24.9 Å². The van der Waals surface area contributed by atoms with Gasteiger partial charge in [-0.3, -0.25) is 4.90 Å². The molecule has 1 aliphatic heterocycles. The molecule has 0 bridgehead atoms.